The van der Waals surface area contributed by atoms with E-state index < -0.39 is 5.66 Å². The number of anilines is 2. The summed E-state index contributed by atoms with van der Waals surface area (Å²) in [5, 5.41) is 5.87. The van der Waals surface area contributed by atoms with Gasteiger partial charge in [0.05, 0.1) is 0 Å². The summed E-state index contributed by atoms with van der Waals surface area (Å²) >= 11 is 0. The first-order valence-electron chi connectivity index (χ1n) is 7.17. The summed E-state index contributed by atoms with van der Waals surface area (Å²) in [7, 11) is 0. The van der Waals surface area contributed by atoms with Crippen molar-refractivity contribution in [1.82, 2.24) is 19.9 Å². The maximum atomic E-state index is 12.8. The molecule has 2 N–H and O–H groups in total. The minimum absolute atomic E-state index is 0.221. The number of aromatic nitrogens is 3. The van der Waals surface area contributed by atoms with Crippen LogP contribution in [0.2, 0.25) is 0 Å². The van der Waals surface area contributed by atoms with Crippen molar-refractivity contribution in [3.63, 3.8) is 0 Å². The van der Waals surface area contributed by atoms with Crippen LogP contribution in [0.5, 0.6) is 0 Å². The average molecular weight is 299 g/mol. The lowest BCUT2D eigenvalue weighted by Crippen LogP contribution is -2.44. The minimum atomic E-state index is -0.693. The molecule has 1 amide bonds. The fourth-order valence-corrected chi connectivity index (χ4v) is 2.83. The number of carbonyl (C=O) groups is 1. The highest BCUT2D eigenvalue weighted by molar-refractivity contribution is 5.95. The van der Waals surface area contributed by atoms with Crippen LogP contribution in [0.25, 0.3) is 0 Å². The van der Waals surface area contributed by atoms with Crippen LogP contribution in [0.3, 0.4) is 0 Å². The van der Waals surface area contributed by atoms with Gasteiger partial charge in [0, 0.05) is 6.20 Å². The zero-order valence-electron chi connectivity index (χ0n) is 12.5. The van der Waals surface area contributed by atoms with E-state index in [4.69, 9.17) is 0 Å². The van der Waals surface area contributed by atoms with Gasteiger partial charge < -0.3 is 10.6 Å². The molecule has 1 atom stereocenters. The molecule has 1 aliphatic heterocycles. The number of nitrogens with zero attached hydrogens (tertiary/aromatic N) is 3. The number of nitrogens with one attached hydrogen (secondary N) is 2. The lowest BCUT2D eigenvalue weighted by molar-refractivity contribution is 0.0921. The fourth-order valence-electron chi connectivity index (χ4n) is 2.83. The molecule has 1 aliphatic rings. The van der Waals surface area contributed by atoms with Crippen molar-refractivity contribution in [3.05, 3.63) is 46.8 Å². The van der Waals surface area contributed by atoms with E-state index >= 15 is 0 Å². The summed E-state index contributed by atoms with van der Waals surface area (Å²) in [5.41, 5.74) is -0.178. The smallest absolute Gasteiger partial charge is 0.276 e. The van der Waals surface area contributed by atoms with Gasteiger partial charge in [-0.05, 0) is 31.5 Å². The van der Waals surface area contributed by atoms with E-state index in [0.29, 0.717) is 23.6 Å². The van der Waals surface area contributed by atoms with Crippen LogP contribution < -0.4 is 16.2 Å². The molecule has 7 heteroatoms. The van der Waals surface area contributed by atoms with Gasteiger partial charge in [-0.2, -0.15) is 0 Å². The molecule has 114 valence electrons. The molecular weight excluding hydrogens is 282 g/mol. The molecule has 3 heterocycles. The Morgan fingerprint density at radius 1 is 1.32 bits per heavy atom. The number of pyridine rings is 1. The van der Waals surface area contributed by atoms with Crippen molar-refractivity contribution in [1.29, 1.82) is 0 Å². The highest BCUT2D eigenvalue weighted by Crippen LogP contribution is 2.26. The number of fused-ring (bicyclic) bond motifs is 1. The number of rotatable bonds is 4. The summed E-state index contributed by atoms with van der Waals surface area (Å²) in [5.74, 6) is 0.309. The summed E-state index contributed by atoms with van der Waals surface area (Å²) in [6, 6.07) is 4.93. The summed E-state index contributed by atoms with van der Waals surface area (Å²) in [6.07, 6.45) is 4.53. The van der Waals surface area contributed by atoms with Crippen molar-refractivity contribution in [2.24, 2.45) is 0 Å². The molecule has 2 aromatic heterocycles. The van der Waals surface area contributed by atoms with Crippen molar-refractivity contribution in [2.45, 2.75) is 32.4 Å². The monoisotopic (exact) mass is 299 g/mol. The van der Waals surface area contributed by atoms with Gasteiger partial charge in [0.25, 0.3) is 11.5 Å². The highest BCUT2D eigenvalue weighted by Gasteiger charge is 2.39. The predicted molar refractivity (Wildman–Crippen MR) is 82.0 cm³/mol. The third kappa shape index (κ3) is 2.24. The van der Waals surface area contributed by atoms with Crippen molar-refractivity contribution >= 4 is 17.4 Å². The molecule has 0 saturated carbocycles. The fraction of sp³-hybridized carbons (Fsp3) is 0.333. The minimum Gasteiger partial charge on any atom is -0.336 e. The van der Waals surface area contributed by atoms with E-state index in [2.05, 4.69) is 20.6 Å². The molecule has 7 nitrogen and oxygen atoms in total. The van der Waals surface area contributed by atoms with Crippen LogP contribution in [0.1, 0.15) is 37.2 Å². The largest absolute Gasteiger partial charge is 0.336 e. The lowest BCUT2D eigenvalue weighted by atomic mass is 10.1. The first kappa shape index (κ1) is 14.2. The number of hydrogen-bond acceptors (Lipinski definition) is 5. The second-order valence-corrected chi connectivity index (χ2v) is 5.47. The van der Waals surface area contributed by atoms with Crippen LogP contribution in [0.4, 0.5) is 11.5 Å². The Balaban J connectivity index is 2.07. The molecule has 0 radical (unpaired) electrons. The van der Waals surface area contributed by atoms with Crippen molar-refractivity contribution in [2.75, 3.05) is 5.32 Å². The van der Waals surface area contributed by atoms with Gasteiger partial charge in [-0.25, -0.2) is 9.97 Å². The zero-order valence-corrected chi connectivity index (χ0v) is 12.5. The van der Waals surface area contributed by atoms with Gasteiger partial charge in [0.2, 0.25) is 0 Å². The normalized spacial score (nSPS) is 19.6. The molecule has 0 saturated heterocycles. The van der Waals surface area contributed by atoms with Crippen molar-refractivity contribution < 1.29 is 4.79 Å². The molecule has 0 bridgehead atoms. The predicted octanol–water partition coefficient (Wildman–Crippen LogP) is 1.60. The summed E-state index contributed by atoms with van der Waals surface area (Å²) < 4.78 is 1.53. The average Bonchev–Trinajstić information content (AvgIpc) is 2.75. The van der Waals surface area contributed by atoms with E-state index in [-0.39, 0.29) is 11.5 Å². The van der Waals surface area contributed by atoms with E-state index in [1.807, 2.05) is 13.8 Å². The van der Waals surface area contributed by atoms with Crippen LogP contribution in [0.15, 0.2) is 35.5 Å². The van der Waals surface area contributed by atoms with E-state index in [1.165, 1.54) is 10.9 Å². The molecule has 2 aromatic rings. The standard InChI is InChI=1S/C15H17N5O2/c1-3-7-15(2)19-13(21)11-5-4-10(14(22)20(11)15)18-12-6-8-16-9-17-12/h4-6,8-9H,3,7H2,1-2H3,(H,19,21)(H,16,17,18). The van der Waals surface area contributed by atoms with Gasteiger partial charge in [0.1, 0.15) is 29.2 Å². The Labute approximate surface area is 127 Å². The Morgan fingerprint density at radius 3 is 2.82 bits per heavy atom. The van der Waals surface area contributed by atoms with E-state index in [0.717, 1.165) is 6.42 Å². The van der Waals surface area contributed by atoms with Gasteiger partial charge in [-0.1, -0.05) is 13.3 Å². The number of amides is 1. The van der Waals surface area contributed by atoms with Gasteiger partial charge >= 0.3 is 0 Å². The quantitative estimate of drug-likeness (QED) is 0.895. The SMILES string of the molecule is CCCC1(C)NC(=O)c2ccc(Nc3ccncn3)c(=O)n21. The Morgan fingerprint density at radius 2 is 2.14 bits per heavy atom. The van der Waals surface area contributed by atoms with E-state index in [1.54, 1.807) is 24.4 Å². The molecule has 0 aromatic carbocycles. The molecule has 22 heavy (non-hydrogen) atoms. The third-order valence-corrected chi connectivity index (χ3v) is 3.77. The molecule has 0 fully saturated rings. The highest BCUT2D eigenvalue weighted by atomic mass is 16.2. The van der Waals surface area contributed by atoms with Gasteiger partial charge in [-0.15, -0.1) is 0 Å². The molecule has 0 spiro atoms. The number of hydrogen-bond donors (Lipinski definition) is 2. The second-order valence-electron chi connectivity index (χ2n) is 5.47. The van der Waals surface area contributed by atoms with Gasteiger partial charge in [-0.3, -0.25) is 14.2 Å². The second kappa shape index (κ2) is 5.25. The maximum absolute atomic E-state index is 12.8. The first-order valence-corrected chi connectivity index (χ1v) is 7.17. The molecule has 0 aliphatic carbocycles. The Kier molecular flexibility index (Phi) is 3.40. The first-order chi connectivity index (χ1) is 10.5. The third-order valence-electron chi connectivity index (χ3n) is 3.77. The van der Waals surface area contributed by atoms with Crippen LogP contribution in [0, 0.1) is 0 Å². The molecule has 1 unspecified atom stereocenters. The maximum Gasteiger partial charge on any atom is 0.276 e. The molecule has 3 rings (SSSR count). The van der Waals surface area contributed by atoms with Crippen LogP contribution in [-0.2, 0) is 5.66 Å². The summed E-state index contributed by atoms with van der Waals surface area (Å²) in [6.45, 7) is 3.88. The summed E-state index contributed by atoms with van der Waals surface area (Å²) in [4.78, 5) is 32.7. The lowest BCUT2D eigenvalue weighted by Gasteiger charge is -2.26. The Hall–Kier alpha value is -2.70. The van der Waals surface area contributed by atoms with Crippen molar-refractivity contribution in [3.8, 4) is 0 Å². The molecular formula is C15H17N5O2. The van der Waals surface area contributed by atoms with Gasteiger partial charge in [0.15, 0.2) is 0 Å². The van der Waals surface area contributed by atoms with E-state index in [9.17, 15) is 9.59 Å². The van der Waals surface area contributed by atoms with Crippen LogP contribution >= 0.6 is 0 Å². The Bertz CT molecular complexity index is 771. The zero-order chi connectivity index (χ0) is 15.7. The van der Waals surface area contributed by atoms with Crippen LogP contribution in [-0.4, -0.2) is 20.4 Å². The number of carbonyl (C=O) groups excluding carboxylic acids is 1. The topological polar surface area (TPSA) is 88.9 Å².